The zero-order valence-electron chi connectivity index (χ0n) is 36.0. The van der Waals surface area contributed by atoms with Crippen LogP contribution in [0, 0.1) is 23.7 Å². The number of unbranched alkanes of at least 4 members (excludes halogenated alkanes) is 33. The minimum Gasteiger partial charge on any atom is -0.354 e. The van der Waals surface area contributed by atoms with E-state index in [0.29, 0.717) is 13.0 Å². The number of rotatable bonds is 41. The molecule has 0 saturated heterocycles. The van der Waals surface area contributed by atoms with Gasteiger partial charge in [0, 0.05) is 25.8 Å². The molecule has 0 aliphatic carbocycles. The number of hydrogen-bond acceptors (Lipinski definition) is 4. The SMILES string of the molecule is CCCCCCCCCCCCC#CC#CCCCCCCCCC(=O)NC(CON)C(=O)NCCCCCCCCCCCCCCCCCCCC. The van der Waals surface area contributed by atoms with Gasteiger partial charge in [-0.1, -0.05) is 218 Å². The lowest BCUT2D eigenvalue weighted by molar-refractivity contribution is -0.130. The first kappa shape index (κ1) is 52.0. The molecule has 0 fully saturated rings. The Morgan fingerprint density at radius 1 is 0.481 bits per heavy atom. The molecule has 0 aromatic heterocycles. The van der Waals surface area contributed by atoms with Crippen molar-refractivity contribution in [3.05, 3.63) is 0 Å². The minimum atomic E-state index is -0.747. The maximum atomic E-state index is 12.6. The van der Waals surface area contributed by atoms with Gasteiger partial charge in [-0.25, -0.2) is 5.90 Å². The number of amides is 2. The summed E-state index contributed by atoms with van der Waals surface area (Å²) in [5.41, 5.74) is 0. The normalized spacial score (nSPS) is 11.4. The topological polar surface area (TPSA) is 93.4 Å². The number of carbonyl (C=O) groups is 2. The van der Waals surface area contributed by atoms with Crippen molar-refractivity contribution in [2.24, 2.45) is 5.90 Å². The smallest absolute Gasteiger partial charge is 0.245 e. The standard InChI is InChI=1S/C48H89N3O3/c1-3-5-7-9-11-13-15-17-19-21-23-24-25-26-27-29-31-33-35-37-39-41-43-47(52)51-46(45-54-49)48(53)50-44-42-40-38-36-34-32-30-28-22-20-18-16-14-12-10-8-6-4-2/h46H,3-23,28-45,49H2,1-2H3,(H,50,53)(H,51,52). The number of hydrogen-bond donors (Lipinski definition) is 3. The third-order valence-corrected chi connectivity index (χ3v) is 10.6. The van der Waals surface area contributed by atoms with Crippen LogP contribution < -0.4 is 16.5 Å². The van der Waals surface area contributed by atoms with Gasteiger partial charge in [-0.2, -0.15) is 0 Å². The summed E-state index contributed by atoms with van der Waals surface area (Å²) in [6.07, 6.45) is 46.3. The zero-order chi connectivity index (χ0) is 39.3. The van der Waals surface area contributed by atoms with Crippen molar-refractivity contribution in [2.45, 2.75) is 257 Å². The molecule has 2 amide bonds. The van der Waals surface area contributed by atoms with Crippen molar-refractivity contribution in [1.29, 1.82) is 0 Å². The molecule has 0 heterocycles. The summed E-state index contributed by atoms with van der Waals surface area (Å²) in [7, 11) is 0. The van der Waals surface area contributed by atoms with Gasteiger partial charge in [-0.3, -0.25) is 9.59 Å². The first-order chi connectivity index (χ1) is 26.7. The molecule has 1 unspecified atom stereocenters. The average molecular weight is 756 g/mol. The van der Waals surface area contributed by atoms with E-state index in [1.165, 1.54) is 167 Å². The van der Waals surface area contributed by atoms with Gasteiger partial charge in [-0.15, -0.1) is 0 Å². The molecule has 0 aliphatic rings. The molecule has 0 spiro atoms. The molecule has 4 N–H and O–H groups in total. The quantitative estimate of drug-likeness (QED) is 0.0329. The van der Waals surface area contributed by atoms with Gasteiger partial charge in [-0.05, 0) is 37.5 Å². The Hall–Kier alpha value is -2.02. The van der Waals surface area contributed by atoms with Gasteiger partial charge in [0.25, 0.3) is 0 Å². The molecule has 0 radical (unpaired) electrons. The van der Waals surface area contributed by atoms with Crippen LogP contribution in [0.2, 0.25) is 0 Å². The van der Waals surface area contributed by atoms with Gasteiger partial charge in [0.05, 0.1) is 6.61 Å². The lowest BCUT2D eigenvalue weighted by Crippen LogP contribution is -2.50. The Morgan fingerprint density at radius 2 is 0.815 bits per heavy atom. The highest BCUT2D eigenvalue weighted by Gasteiger charge is 2.20. The van der Waals surface area contributed by atoms with Gasteiger partial charge in [0.15, 0.2) is 0 Å². The maximum absolute atomic E-state index is 12.6. The fourth-order valence-corrected chi connectivity index (χ4v) is 7.03. The highest BCUT2D eigenvalue weighted by molar-refractivity contribution is 5.87. The van der Waals surface area contributed by atoms with Crippen LogP contribution in [0.4, 0.5) is 0 Å². The summed E-state index contributed by atoms with van der Waals surface area (Å²) in [6, 6.07) is -0.747. The molecule has 0 rings (SSSR count). The summed E-state index contributed by atoms with van der Waals surface area (Å²) >= 11 is 0. The molecule has 6 heteroatoms. The van der Waals surface area contributed by atoms with E-state index in [2.05, 4.69) is 48.2 Å². The first-order valence-corrected chi connectivity index (χ1v) is 23.5. The number of nitrogens with two attached hydrogens (primary N) is 1. The van der Waals surface area contributed by atoms with Crippen molar-refractivity contribution in [3.8, 4) is 23.7 Å². The van der Waals surface area contributed by atoms with E-state index in [1.807, 2.05) is 0 Å². The van der Waals surface area contributed by atoms with Crippen LogP contribution in [0.1, 0.15) is 251 Å². The van der Waals surface area contributed by atoms with E-state index in [-0.39, 0.29) is 18.4 Å². The molecule has 0 aliphatic heterocycles. The maximum Gasteiger partial charge on any atom is 0.245 e. The van der Waals surface area contributed by atoms with Crippen LogP contribution in [-0.4, -0.2) is 31.0 Å². The zero-order valence-corrected chi connectivity index (χ0v) is 36.0. The van der Waals surface area contributed by atoms with Crippen molar-refractivity contribution >= 4 is 11.8 Å². The fraction of sp³-hybridized carbons (Fsp3) is 0.875. The van der Waals surface area contributed by atoms with Crippen LogP contribution >= 0.6 is 0 Å². The van der Waals surface area contributed by atoms with E-state index in [9.17, 15) is 9.59 Å². The summed E-state index contributed by atoms with van der Waals surface area (Å²) in [6.45, 7) is 5.15. The molecule has 0 bridgehead atoms. The Labute approximate surface area is 336 Å². The van der Waals surface area contributed by atoms with E-state index in [4.69, 9.17) is 10.7 Å². The fourth-order valence-electron chi connectivity index (χ4n) is 7.03. The Bertz CT molecular complexity index is 931. The summed E-state index contributed by atoms with van der Waals surface area (Å²) in [4.78, 5) is 29.9. The second kappa shape index (κ2) is 45.4. The van der Waals surface area contributed by atoms with Gasteiger partial charge < -0.3 is 15.5 Å². The minimum absolute atomic E-state index is 0.0233. The third-order valence-electron chi connectivity index (χ3n) is 10.6. The largest absolute Gasteiger partial charge is 0.354 e. The van der Waals surface area contributed by atoms with Gasteiger partial charge in [0.2, 0.25) is 11.8 Å². The second-order valence-corrected chi connectivity index (χ2v) is 15.9. The Morgan fingerprint density at radius 3 is 1.19 bits per heavy atom. The van der Waals surface area contributed by atoms with Crippen molar-refractivity contribution < 1.29 is 14.4 Å². The predicted octanol–water partition coefficient (Wildman–Crippen LogP) is 13.0. The molecular formula is C48H89N3O3. The van der Waals surface area contributed by atoms with E-state index >= 15 is 0 Å². The molecule has 54 heavy (non-hydrogen) atoms. The average Bonchev–Trinajstić information content (AvgIpc) is 3.17. The highest BCUT2D eigenvalue weighted by atomic mass is 16.6. The monoisotopic (exact) mass is 756 g/mol. The van der Waals surface area contributed by atoms with Crippen molar-refractivity contribution in [2.75, 3.05) is 13.2 Å². The molecular weight excluding hydrogens is 667 g/mol. The van der Waals surface area contributed by atoms with Crippen molar-refractivity contribution in [1.82, 2.24) is 10.6 Å². The van der Waals surface area contributed by atoms with Crippen LogP contribution in [0.15, 0.2) is 0 Å². The van der Waals surface area contributed by atoms with Crippen molar-refractivity contribution in [3.63, 3.8) is 0 Å². The summed E-state index contributed by atoms with van der Waals surface area (Å²) in [5.74, 6) is 17.4. The van der Waals surface area contributed by atoms with Gasteiger partial charge in [0.1, 0.15) is 6.04 Å². The Kier molecular flexibility index (Phi) is 43.7. The van der Waals surface area contributed by atoms with Crippen LogP contribution in [0.3, 0.4) is 0 Å². The molecule has 6 nitrogen and oxygen atoms in total. The van der Waals surface area contributed by atoms with Crippen LogP contribution in [0.5, 0.6) is 0 Å². The van der Waals surface area contributed by atoms with E-state index in [1.54, 1.807) is 0 Å². The molecule has 1 atom stereocenters. The highest BCUT2D eigenvalue weighted by Crippen LogP contribution is 2.15. The van der Waals surface area contributed by atoms with Crippen LogP contribution in [0.25, 0.3) is 0 Å². The summed E-state index contributed by atoms with van der Waals surface area (Å²) < 4.78 is 0. The predicted molar refractivity (Wildman–Crippen MR) is 233 cm³/mol. The van der Waals surface area contributed by atoms with Crippen LogP contribution in [-0.2, 0) is 14.4 Å². The van der Waals surface area contributed by atoms with Gasteiger partial charge >= 0.3 is 0 Å². The molecule has 0 aromatic carbocycles. The molecule has 0 aromatic rings. The van der Waals surface area contributed by atoms with E-state index in [0.717, 1.165) is 64.2 Å². The third kappa shape index (κ3) is 41.1. The number of nitrogens with one attached hydrogen (secondary N) is 2. The first-order valence-electron chi connectivity index (χ1n) is 23.5. The Balaban J connectivity index is 3.64. The summed E-state index contributed by atoms with van der Waals surface area (Å²) in [5, 5.41) is 5.76. The van der Waals surface area contributed by atoms with E-state index < -0.39 is 6.04 Å². The lowest BCUT2D eigenvalue weighted by Gasteiger charge is -2.17. The molecule has 314 valence electrons. The lowest BCUT2D eigenvalue weighted by atomic mass is 10.0. The number of carbonyl (C=O) groups excluding carboxylic acids is 2. The molecule has 0 saturated carbocycles. The second-order valence-electron chi connectivity index (χ2n) is 15.9.